The second-order valence-electron chi connectivity index (χ2n) is 5.20. The molecule has 6 nitrogen and oxygen atoms in total. The molecule has 0 radical (unpaired) electrons. The number of aliphatic imine (C=N–C) groups is 1. The minimum Gasteiger partial charge on any atom is -0.486 e. The maximum Gasteiger partial charge on any atom is 0.256 e. The molecule has 0 saturated carbocycles. The van der Waals surface area contributed by atoms with E-state index in [-0.39, 0.29) is 11.9 Å². The number of halogens is 1. The van der Waals surface area contributed by atoms with Crippen molar-refractivity contribution in [2.75, 3.05) is 13.2 Å². The lowest BCUT2D eigenvalue weighted by atomic mass is 10.1. The standard InChI is InChI=1S/C14H16ClN3O3/c1-7(2)16-14-17-11(13(19)18-14)8-5-9(15)12-10(6-8)20-3-4-21-12/h5-7,11H,3-4H2,1-2H3,(H2,16,17,18,19). The monoisotopic (exact) mass is 309 g/mol. The van der Waals surface area contributed by atoms with Gasteiger partial charge in [0.25, 0.3) is 5.91 Å². The van der Waals surface area contributed by atoms with Gasteiger partial charge in [-0.2, -0.15) is 0 Å². The van der Waals surface area contributed by atoms with Gasteiger partial charge in [-0.15, -0.1) is 0 Å². The molecule has 0 fully saturated rings. The van der Waals surface area contributed by atoms with E-state index in [0.717, 1.165) is 0 Å². The molecule has 1 aromatic carbocycles. The van der Waals surface area contributed by atoms with Crippen molar-refractivity contribution < 1.29 is 14.3 Å². The molecule has 1 amide bonds. The molecule has 3 rings (SSSR count). The lowest BCUT2D eigenvalue weighted by molar-refractivity contribution is -0.120. The van der Waals surface area contributed by atoms with Crippen molar-refractivity contribution in [2.24, 2.45) is 4.99 Å². The zero-order chi connectivity index (χ0) is 15.0. The quantitative estimate of drug-likeness (QED) is 0.871. The Morgan fingerprint density at radius 1 is 1.38 bits per heavy atom. The molecule has 21 heavy (non-hydrogen) atoms. The number of nitrogens with zero attached hydrogens (tertiary/aromatic N) is 1. The van der Waals surface area contributed by atoms with Gasteiger partial charge in [0.1, 0.15) is 13.2 Å². The molecule has 2 aliphatic rings. The fraction of sp³-hybridized carbons (Fsp3) is 0.429. The summed E-state index contributed by atoms with van der Waals surface area (Å²) in [7, 11) is 0. The summed E-state index contributed by atoms with van der Waals surface area (Å²) in [4.78, 5) is 16.4. The first kappa shape index (κ1) is 14.0. The second kappa shape index (κ2) is 5.44. The van der Waals surface area contributed by atoms with Gasteiger partial charge < -0.3 is 14.8 Å². The first-order valence-corrected chi connectivity index (χ1v) is 7.16. The minimum absolute atomic E-state index is 0.187. The fourth-order valence-electron chi connectivity index (χ4n) is 2.27. The Kier molecular flexibility index (Phi) is 3.63. The van der Waals surface area contributed by atoms with Crippen LogP contribution in [0, 0.1) is 0 Å². The van der Waals surface area contributed by atoms with Crippen LogP contribution in [0.3, 0.4) is 0 Å². The SMILES string of the molecule is CC(C)NC1=NC(c2cc(Cl)c3c(c2)OCCO3)C(=O)N1. The van der Waals surface area contributed by atoms with Gasteiger partial charge in [-0.25, -0.2) is 4.99 Å². The van der Waals surface area contributed by atoms with Crippen molar-refractivity contribution in [2.45, 2.75) is 25.9 Å². The van der Waals surface area contributed by atoms with Crippen LogP contribution in [0.2, 0.25) is 5.02 Å². The molecule has 0 bridgehead atoms. The molecule has 0 aromatic heterocycles. The average molecular weight is 310 g/mol. The van der Waals surface area contributed by atoms with Crippen LogP contribution < -0.4 is 20.1 Å². The number of ether oxygens (including phenoxy) is 2. The molecule has 1 atom stereocenters. The normalized spacial score (nSPS) is 20.3. The molecular formula is C14H16ClN3O3. The highest BCUT2D eigenvalue weighted by Gasteiger charge is 2.30. The Morgan fingerprint density at radius 3 is 2.90 bits per heavy atom. The summed E-state index contributed by atoms with van der Waals surface area (Å²) < 4.78 is 11.0. The van der Waals surface area contributed by atoms with Crippen molar-refractivity contribution in [3.05, 3.63) is 22.7 Å². The summed E-state index contributed by atoms with van der Waals surface area (Å²) >= 11 is 6.19. The molecule has 1 unspecified atom stereocenters. The third kappa shape index (κ3) is 2.76. The third-order valence-electron chi connectivity index (χ3n) is 3.11. The van der Waals surface area contributed by atoms with Gasteiger partial charge in [-0.1, -0.05) is 11.6 Å². The average Bonchev–Trinajstić information content (AvgIpc) is 2.78. The van der Waals surface area contributed by atoms with Crippen molar-refractivity contribution in [1.29, 1.82) is 0 Å². The number of rotatable bonds is 2. The molecule has 112 valence electrons. The van der Waals surface area contributed by atoms with E-state index in [1.807, 2.05) is 13.8 Å². The van der Waals surface area contributed by atoms with E-state index in [1.54, 1.807) is 12.1 Å². The van der Waals surface area contributed by atoms with E-state index >= 15 is 0 Å². The van der Waals surface area contributed by atoms with Gasteiger partial charge in [0.05, 0.1) is 5.02 Å². The molecule has 2 aliphatic heterocycles. The number of nitrogens with one attached hydrogen (secondary N) is 2. The van der Waals surface area contributed by atoms with E-state index in [4.69, 9.17) is 21.1 Å². The highest BCUT2D eigenvalue weighted by Crippen LogP contribution is 2.40. The van der Waals surface area contributed by atoms with Gasteiger partial charge in [0.2, 0.25) is 0 Å². The van der Waals surface area contributed by atoms with Gasteiger partial charge in [0, 0.05) is 6.04 Å². The number of carbonyl (C=O) groups is 1. The van der Waals surface area contributed by atoms with E-state index < -0.39 is 6.04 Å². The summed E-state index contributed by atoms with van der Waals surface area (Å²) in [6.45, 7) is 4.88. The van der Waals surface area contributed by atoms with Crippen molar-refractivity contribution in [1.82, 2.24) is 10.6 Å². The number of carbonyl (C=O) groups excluding carboxylic acids is 1. The van der Waals surface area contributed by atoms with E-state index in [9.17, 15) is 4.79 Å². The first-order valence-electron chi connectivity index (χ1n) is 6.79. The summed E-state index contributed by atoms with van der Waals surface area (Å²) in [6, 6.07) is 3.01. The van der Waals surface area contributed by atoms with Crippen LogP contribution in [-0.4, -0.2) is 31.1 Å². The summed E-state index contributed by atoms with van der Waals surface area (Å²) in [5.41, 5.74) is 0.683. The number of guanidine groups is 1. The van der Waals surface area contributed by atoms with Gasteiger partial charge in [-0.3, -0.25) is 10.1 Å². The maximum absolute atomic E-state index is 12.1. The molecule has 2 heterocycles. The molecule has 0 aliphatic carbocycles. The smallest absolute Gasteiger partial charge is 0.256 e. The predicted octanol–water partition coefficient (Wildman–Crippen LogP) is 1.64. The number of amides is 1. The summed E-state index contributed by atoms with van der Waals surface area (Å²) in [5.74, 6) is 1.36. The van der Waals surface area contributed by atoms with E-state index in [0.29, 0.717) is 41.3 Å². The Hall–Kier alpha value is -1.95. The highest BCUT2D eigenvalue weighted by atomic mass is 35.5. The Bertz CT molecular complexity index is 616. The largest absolute Gasteiger partial charge is 0.486 e. The summed E-state index contributed by atoms with van der Waals surface area (Å²) in [5, 5.41) is 6.22. The maximum atomic E-state index is 12.1. The van der Waals surface area contributed by atoms with Crippen LogP contribution in [-0.2, 0) is 4.79 Å². The highest BCUT2D eigenvalue weighted by molar-refractivity contribution is 6.32. The van der Waals surface area contributed by atoms with E-state index in [2.05, 4.69) is 15.6 Å². The fourth-order valence-corrected chi connectivity index (χ4v) is 2.54. The zero-order valence-electron chi connectivity index (χ0n) is 11.8. The van der Waals surface area contributed by atoms with Crippen molar-refractivity contribution in [3.63, 3.8) is 0 Å². The number of hydrogen-bond donors (Lipinski definition) is 2. The van der Waals surface area contributed by atoms with Gasteiger partial charge in [0.15, 0.2) is 23.5 Å². The van der Waals surface area contributed by atoms with Crippen LogP contribution in [0.15, 0.2) is 17.1 Å². The number of benzene rings is 1. The van der Waals surface area contributed by atoms with Crippen LogP contribution in [0.4, 0.5) is 0 Å². The Labute approximate surface area is 127 Å². The molecule has 0 saturated heterocycles. The number of hydrogen-bond acceptors (Lipinski definition) is 5. The minimum atomic E-state index is -0.625. The lowest BCUT2D eigenvalue weighted by Gasteiger charge is -2.20. The van der Waals surface area contributed by atoms with Crippen LogP contribution >= 0.6 is 11.6 Å². The topological polar surface area (TPSA) is 72.0 Å². The number of fused-ring (bicyclic) bond motifs is 1. The van der Waals surface area contributed by atoms with Gasteiger partial charge >= 0.3 is 0 Å². The van der Waals surface area contributed by atoms with Crippen LogP contribution in [0.5, 0.6) is 11.5 Å². The van der Waals surface area contributed by atoms with Gasteiger partial charge in [-0.05, 0) is 31.5 Å². The predicted molar refractivity (Wildman–Crippen MR) is 79.0 cm³/mol. The molecule has 2 N–H and O–H groups in total. The van der Waals surface area contributed by atoms with Crippen LogP contribution in [0.1, 0.15) is 25.5 Å². The third-order valence-corrected chi connectivity index (χ3v) is 3.39. The van der Waals surface area contributed by atoms with Crippen LogP contribution in [0.25, 0.3) is 0 Å². The summed E-state index contributed by atoms with van der Waals surface area (Å²) in [6.07, 6.45) is 0. The zero-order valence-corrected chi connectivity index (χ0v) is 12.5. The Balaban J connectivity index is 1.91. The first-order chi connectivity index (χ1) is 10.0. The molecule has 1 aromatic rings. The molecule has 7 heteroatoms. The van der Waals surface area contributed by atoms with Crippen molar-refractivity contribution >= 4 is 23.5 Å². The second-order valence-corrected chi connectivity index (χ2v) is 5.60. The molecular weight excluding hydrogens is 294 g/mol. The Morgan fingerprint density at radius 2 is 2.14 bits per heavy atom. The molecule has 0 spiro atoms. The van der Waals surface area contributed by atoms with E-state index in [1.165, 1.54) is 0 Å². The van der Waals surface area contributed by atoms with Crippen molar-refractivity contribution in [3.8, 4) is 11.5 Å². The lowest BCUT2D eigenvalue weighted by Crippen LogP contribution is -2.40.